The minimum Gasteiger partial charge on any atom is -0.493 e. The first kappa shape index (κ1) is 25.5. The van der Waals surface area contributed by atoms with E-state index < -0.39 is 0 Å². The molecule has 1 aliphatic heterocycles. The third-order valence-electron chi connectivity index (χ3n) is 5.98. The zero-order valence-electron chi connectivity index (χ0n) is 21.3. The summed E-state index contributed by atoms with van der Waals surface area (Å²) in [6.07, 6.45) is 4.31. The quantitative estimate of drug-likeness (QED) is 0.495. The van der Waals surface area contributed by atoms with Crippen molar-refractivity contribution in [3.63, 3.8) is 0 Å². The number of amides is 1. The lowest BCUT2D eigenvalue weighted by Gasteiger charge is -2.22. The molecule has 0 radical (unpaired) electrons. The summed E-state index contributed by atoms with van der Waals surface area (Å²) in [4.78, 5) is 28.8. The van der Waals surface area contributed by atoms with Gasteiger partial charge in [-0.3, -0.25) is 4.79 Å². The molecule has 194 valence electrons. The number of H-pyrrole nitrogens is 1. The highest BCUT2D eigenvalue weighted by Gasteiger charge is 2.20. The number of nitrogens with one attached hydrogen (secondary N) is 2. The Balaban J connectivity index is 1.74. The van der Waals surface area contributed by atoms with Gasteiger partial charge in [-0.25, -0.2) is 9.97 Å². The van der Waals surface area contributed by atoms with Crippen molar-refractivity contribution < 1.29 is 23.7 Å². The van der Waals surface area contributed by atoms with Crippen molar-refractivity contribution in [2.45, 2.75) is 19.9 Å². The summed E-state index contributed by atoms with van der Waals surface area (Å²) in [5, 5.41) is 4.30. The summed E-state index contributed by atoms with van der Waals surface area (Å²) in [6.45, 7) is 5.29. The van der Waals surface area contributed by atoms with Crippen LogP contribution in [0.15, 0.2) is 24.7 Å². The van der Waals surface area contributed by atoms with E-state index in [1.807, 2.05) is 19.2 Å². The number of hydrogen-bond donors (Lipinski definition) is 2. The zero-order chi connectivity index (χ0) is 25.5. The van der Waals surface area contributed by atoms with E-state index in [9.17, 15) is 4.79 Å². The van der Waals surface area contributed by atoms with Gasteiger partial charge in [0.05, 0.1) is 19.1 Å². The molecule has 0 unspecified atom stereocenters. The van der Waals surface area contributed by atoms with Gasteiger partial charge in [-0.2, -0.15) is 0 Å². The second-order valence-corrected chi connectivity index (χ2v) is 8.63. The fourth-order valence-electron chi connectivity index (χ4n) is 4.10. The normalized spacial score (nSPS) is 15.4. The summed E-state index contributed by atoms with van der Waals surface area (Å²) in [5.41, 5.74) is 2.50. The Morgan fingerprint density at radius 1 is 1.17 bits per heavy atom. The molecule has 0 atom stereocenters. The Kier molecular flexibility index (Phi) is 8.44. The number of nitrogens with zero attached hydrogens (tertiary/aromatic N) is 4. The van der Waals surface area contributed by atoms with Gasteiger partial charge in [0.1, 0.15) is 24.4 Å². The molecule has 2 aromatic heterocycles. The van der Waals surface area contributed by atoms with Crippen molar-refractivity contribution in [3.05, 3.63) is 30.2 Å². The van der Waals surface area contributed by atoms with Crippen molar-refractivity contribution in [2.75, 3.05) is 66.0 Å². The van der Waals surface area contributed by atoms with Crippen LogP contribution < -0.4 is 19.5 Å². The molecule has 2 N–H and O–H groups in total. The number of carbonyl (C=O) groups excluding carboxylic acids is 1. The third kappa shape index (κ3) is 5.97. The number of benzene rings is 1. The molecule has 1 aliphatic rings. The number of aromatic nitrogens is 3. The molecule has 1 amide bonds. The van der Waals surface area contributed by atoms with Crippen molar-refractivity contribution in [1.29, 1.82) is 0 Å². The Labute approximate surface area is 210 Å². The summed E-state index contributed by atoms with van der Waals surface area (Å²) < 4.78 is 23.0. The third-order valence-corrected chi connectivity index (χ3v) is 5.98. The van der Waals surface area contributed by atoms with Crippen molar-refractivity contribution in [1.82, 2.24) is 24.8 Å². The van der Waals surface area contributed by atoms with Gasteiger partial charge in [-0.1, -0.05) is 0 Å². The van der Waals surface area contributed by atoms with Crippen molar-refractivity contribution in [3.8, 4) is 17.2 Å². The van der Waals surface area contributed by atoms with Crippen molar-refractivity contribution >= 4 is 28.4 Å². The molecule has 0 spiro atoms. The van der Waals surface area contributed by atoms with E-state index in [1.165, 1.54) is 6.33 Å². The SMILES string of the molecule is CCOCCOc1c(OC)cc2cc1OCC(=O)N(C)CCCN(C)Cc1c[nH]c3ncnc(c13)N2. The number of rotatable bonds is 6. The van der Waals surface area contributed by atoms with Gasteiger partial charge < -0.3 is 39.0 Å². The lowest BCUT2D eigenvalue weighted by atomic mass is 10.2. The van der Waals surface area contributed by atoms with Crippen LogP contribution in [0.1, 0.15) is 18.9 Å². The van der Waals surface area contributed by atoms with E-state index in [1.54, 1.807) is 25.1 Å². The maximum absolute atomic E-state index is 12.8. The molecular formula is C25H34N6O5. The van der Waals surface area contributed by atoms with Crippen LogP contribution in [0.4, 0.5) is 11.5 Å². The zero-order valence-corrected chi connectivity index (χ0v) is 21.3. The summed E-state index contributed by atoms with van der Waals surface area (Å²) >= 11 is 0. The smallest absolute Gasteiger partial charge is 0.260 e. The summed E-state index contributed by atoms with van der Waals surface area (Å²) in [5.74, 6) is 1.81. The summed E-state index contributed by atoms with van der Waals surface area (Å²) in [7, 11) is 5.41. The fourth-order valence-corrected chi connectivity index (χ4v) is 4.10. The van der Waals surface area contributed by atoms with E-state index >= 15 is 0 Å². The molecule has 36 heavy (non-hydrogen) atoms. The van der Waals surface area contributed by atoms with Gasteiger partial charge in [0.2, 0.25) is 5.75 Å². The molecule has 11 nitrogen and oxygen atoms in total. The van der Waals surface area contributed by atoms with Gasteiger partial charge in [0.25, 0.3) is 5.91 Å². The number of likely N-dealkylation sites (N-methyl/N-ethyl adjacent to an activating group) is 1. The summed E-state index contributed by atoms with van der Waals surface area (Å²) in [6, 6.07) is 3.59. The van der Waals surface area contributed by atoms with Crippen LogP contribution in [0.5, 0.6) is 17.2 Å². The maximum Gasteiger partial charge on any atom is 0.260 e. The van der Waals surface area contributed by atoms with Gasteiger partial charge in [-0.15, -0.1) is 0 Å². The highest BCUT2D eigenvalue weighted by molar-refractivity contribution is 5.92. The van der Waals surface area contributed by atoms with E-state index in [0.717, 1.165) is 29.6 Å². The Bertz CT molecular complexity index is 1180. The number of hydrogen-bond acceptors (Lipinski definition) is 9. The molecule has 1 aromatic carbocycles. The predicted octanol–water partition coefficient (Wildman–Crippen LogP) is 2.80. The van der Waals surface area contributed by atoms with Crippen LogP contribution in [0, 0.1) is 0 Å². The van der Waals surface area contributed by atoms with Gasteiger partial charge in [0, 0.05) is 50.8 Å². The molecular weight excluding hydrogens is 464 g/mol. The Morgan fingerprint density at radius 3 is 2.83 bits per heavy atom. The number of fused-ring (bicyclic) bond motifs is 2. The first-order valence-electron chi connectivity index (χ1n) is 12.1. The topological polar surface area (TPSA) is 114 Å². The standard InChI is InChI=1S/C25H34N6O5/c1-5-34-9-10-35-23-19(33-4)11-18-12-20(23)36-15-21(32)31(3)8-6-7-30(2)14-17-13-26-24-22(17)25(29-18)28-16-27-24/h11-13,16H,5-10,14-15H2,1-4H3,(H2,26,27,28,29). The molecule has 2 bridgehead atoms. The van der Waals surface area contributed by atoms with Gasteiger partial charge >= 0.3 is 0 Å². The van der Waals surface area contributed by atoms with Crippen LogP contribution in [0.25, 0.3) is 11.0 Å². The van der Waals surface area contributed by atoms with E-state index in [2.05, 4.69) is 32.2 Å². The van der Waals surface area contributed by atoms with E-state index in [4.69, 9.17) is 18.9 Å². The monoisotopic (exact) mass is 498 g/mol. The van der Waals surface area contributed by atoms with Crippen LogP contribution in [0.3, 0.4) is 0 Å². The van der Waals surface area contributed by atoms with Gasteiger partial charge in [0.15, 0.2) is 18.1 Å². The molecule has 0 saturated carbocycles. The molecule has 0 fully saturated rings. The van der Waals surface area contributed by atoms with Crippen LogP contribution >= 0.6 is 0 Å². The lowest BCUT2D eigenvalue weighted by Crippen LogP contribution is -2.33. The van der Waals surface area contributed by atoms with E-state index in [-0.39, 0.29) is 12.5 Å². The average Bonchev–Trinajstić information content (AvgIpc) is 3.28. The second-order valence-electron chi connectivity index (χ2n) is 8.63. The van der Waals surface area contributed by atoms with Crippen LogP contribution in [0.2, 0.25) is 0 Å². The lowest BCUT2D eigenvalue weighted by molar-refractivity contribution is -0.132. The minimum atomic E-state index is -0.125. The first-order valence-corrected chi connectivity index (χ1v) is 12.1. The average molecular weight is 499 g/mol. The maximum atomic E-state index is 12.8. The largest absolute Gasteiger partial charge is 0.493 e. The second kappa shape index (κ2) is 11.9. The number of methoxy groups -OCH3 is 1. The van der Waals surface area contributed by atoms with E-state index in [0.29, 0.717) is 61.7 Å². The van der Waals surface area contributed by atoms with Gasteiger partial charge in [-0.05, 0) is 32.5 Å². The van der Waals surface area contributed by atoms with Crippen LogP contribution in [-0.2, 0) is 16.1 Å². The number of ether oxygens (including phenoxy) is 4. The Morgan fingerprint density at radius 2 is 2.03 bits per heavy atom. The first-order chi connectivity index (χ1) is 17.5. The number of aromatic amines is 1. The fraction of sp³-hybridized carbons (Fsp3) is 0.480. The molecule has 3 heterocycles. The molecule has 4 rings (SSSR count). The number of carbonyl (C=O) groups is 1. The molecule has 0 saturated heterocycles. The van der Waals surface area contributed by atoms with Crippen molar-refractivity contribution in [2.24, 2.45) is 0 Å². The predicted molar refractivity (Wildman–Crippen MR) is 136 cm³/mol. The molecule has 0 aliphatic carbocycles. The highest BCUT2D eigenvalue weighted by Crippen LogP contribution is 2.41. The highest BCUT2D eigenvalue weighted by atomic mass is 16.6. The molecule has 11 heteroatoms. The van der Waals surface area contributed by atoms with Crippen LogP contribution in [-0.4, -0.2) is 91.4 Å². The minimum absolute atomic E-state index is 0.118. The number of anilines is 2. The molecule has 3 aromatic rings. The Hall–Kier alpha value is -3.57.